The molecule has 0 saturated heterocycles. The zero-order valence-electron chi connectivity index (χ0n) is 6.20. The summed E-state index contributed by atoms with van der Waals surface area (Å²) in [5.41, 5.74) is 0. The number of hydrogen-bond donors (Lipinski definition) is 0. The average Bonchev–Trinajstić information content (AvgIpc) is 2.03. The predicted octanol–water partition coefficient (Wildman–Crippen LogP) is 1.09. The number of nitrogens with zero attached hydrogens (tertiary/aromatic N) is 2. The lowest BCUT2D eigenvalue weighted by Gasteiger charge is -2.02. The van der Waals surface area contributed by atoms with E-state index in [1.54, 1.807) is 0 Å². The van der Waals surface area contributed by atoms with E-state index in [1.165, 1.54) is 19.4 Å². The van der Waals surface area contributed by atoms with Crippen LogP contribution in [0.5, 0.6) is 11.9 Å². The van der Waals surface area contributed by atoms with Crippen molar-refractivity contribution in [1.29, 1.82) is 0 Å². The van der Waals surface area contributed by atoms with Gasteiger partial charge < -0.3 is 9.47 Å². The van der Waals surface area contributed by atoms with Crippen LogP contribution in [0.1, 0.15) is 0 Å². The van der Waals surface area contributed by atoms with E-state index in [9.17, 15) is 8.78 Å². The first-order valence-electron chi connectivity index (χ1n) is 3.04. The summed E-state index contributed by atoms with van der Waals surface area (Å²) in [6.45, 7) is -2.92. The largest absolute Gasteiger partial charge is 0.481 e. The Bertz CT molecular complexity index is 257. The smallest absolute Gasteiger partial charge is 0.389 e. The molecule has 0 spiro atoms. The van der Waals surface area contributed by atoms with Crippen LogP contribution in [-0.4, -0.2) is 23.7 Å². The molecule has 0 unspecified atom stereocenters. The Balaban J connectivity index is 2.72. The summed E-state index contributed by atoms with van der Waals surface area (Å²) >= 11 is 0. The summed E-state index contributed by atoms with van der Waals surface area (Å²) < 4.78 is 31.8. The van der Waals surface area contributed by atoms with Gasteiger partial charge in [0, 0.05) is 12.3 Å². The number of aromatic nitrogens is 2. The molecule has 0 aliphatic carbocycles. The Kier molecular flexibility index (Phi) is 2.73. The topological polar surface area (TPSA) is 44.2 Å². The van der Waals surface area contributed by atoms with E-state index in [0.29, 0.717) is 0 Å². The lowest BCUT2D eigenvalue weighted by Crippen LogP contribution is -2.05. The maximum atomic E-state index is 11.6. The van der Waals surface area contributed by atoms with Gasteiger partial charge in [-0.15, -0.1) is 0 Å². The molecular weight excluding hydrogens is 170 g/mol. The fourth-order valence-corrected chi connectivity index (χ4v) is 0.575. The highest BCUT2D eigenvalue weighted by Crippen LogP contribution is 2.11. The summed E-state index contributed by atoms with van der Waals surface area (Å²) in [5.74, 6) is 0.181. The third-order valence-corrected chi connectivity index (χ3v) is 1.01. The van der Waals surface area contributed by atoms with Gasteiger partial charge in [-0.25, -0.2) is 4.98 Å². The second kappa shape index (κ2) is 3.80. The van der Waals surface area contributed by atoms with Gasteiger partial charge in [-0.05, 0) is 0 Å². The highest BCUT2D eigenvalue weighted by molar-refractivity contribution is 5.10. The van der Waals surface area contributed by atoms with Crippen LogP contribution in [0.15, 0.2) is 12.3 Å². The van der Waals surface area contributed by atoms with Crippen LogP contribution in [0, 0.1) is 0 Å². The third-order valence-electron chi connectivity index (χ3n) is 1.01. The van der Waals surface area contributed by atoms with Crippen molar-refractivity contribution >= 4 is 0 Å². The van der Waals surface area contributed by atoms with Gasteiger partial charge in [-0.1, -0.05) is 0 Å². The molecule has 1 heterocycles. The van der Waals surface area contributed by atoms with Crippen LogP contribution in [0.3, 0.4) is 0 Å². The lowest BCUT2D eigenvalue weighted by molar-refractivity contribution is -0.0563. The van der Waals surface area contributed by atoms with Crippen LogP contribution in [0.2, 0.25) is 0 Å². The molecule has 0 aliphatic heterocycles. The van der Waals surface area contributed by atoms with Crippen molar-refractivity contribution in [1.82, 2.24) is 9.97 Å². The first-order valence-corrected chi connectivity index (χ1v) is 3.04. The number of alkyl halides is 2. The van der Waals surface area contributed by atoms with E-state index >= 15 is 0 Å². The lowest BCUT2D eigenvalue weighted by atomic mass is 10.6. The van der Waals surface area contributed by atoms with Gasteiger partial charge in [0.15, 0.2) is 0 Å². The van der Waals surface area contributed by atoms with Gasteiger partial charge in [-0.2, -0.15) is 13.8 Å². The van der Waals surface area contributed by atoms with E-state index in [-0.39, 0.29) is 5.88 Å². The summed E-state index contributed by atoms with van der Waals surface area (Å²) in [5, 5.41) is 0. The zero-order chi connectivity index (χ0) is 8.97. The first kappa shape index (κ1) is 8.63. The molecule has 0 atom stereocenters. The summed E-state index contributed by atoms with van der Waals surface area (Å²) in [4.78, 5) is 6.93. The quantitative estimate of drug-likeness (QED) is 0.691. The molecule has 12 heavy (non-hydrogen) atoms. The number of rotatable bonds is 3. The van der Waals surface area contributed by atoms with Crippen molar-refractivity contribution in [3.8, 4) is 11.9 Å². The van der Waals surface area contributed by atoms with Gasteiger partial charge >= 0.3 is 12.6 Å². The SMILES string of the molecule is COc1ccnc(OC(F)F)n1. The molecule has 4 nitrogen and oxygen atoms in total. The molecule has 0 aliphatic rings. The zero-order valence-corrected chi connectivity index (χ0v) is 6.20. The first-order chi connectivity index (χ1) is 5.72. The monoisotopic (exact) mass is 176 g/mol. The third kappa shape index (κ3) is 2.30. The molecule has 1 aromatic heterocycles. The van der Waals surface area contributed by atoms with Gasteiger partial charge in [0.25, 0.3) is 0 Å². The van der Waals surface area contributed by atoms with E-state index in [0.717, 1.165) is 0 Å². The Morgan fingerprint density at radius 2 is 2.25 bits per heavy atom. The minimum atomic E-state index is -2.92. The maximum absolute atomic E-state index is 11.6. The molecule has 1 aromatic rings. The molecule has 6 heteroatoms. The Morgan fingerprint density at radius 3 is 2.83 bits per heavy atom. The number of halogens is 2. The minimum Gasteiger partial charge on any atom is -0.481 e. The predicted molar refractivity (Wildman–Crippen MR) is 35.2 cm³/mol. The number of ether oxygens (including phenoxy) is 2. The van der Waals surface area contributed by atoms with Gasteiger partial charge in [0.2, 0.25) is 5.88 Å². The van der Waals surface area contributed by atoms with E-state index in [2.05, 4.69) is 19.4 Å². The van der Waals surface area contributed by atoms with Crippen LogP contribution in [-0.2, 0) is 0 Å². The standard InChI is InChI=1S/C6H6F2N2O2/c1-11-4-2-3-9-6(10-4)12-5(7)8/h2-3,5H,1H3. The molecule has 0 bridgehead atoms. The summed E-state index contributed by atoms with van der Waals surface area (Å²) in [7, 11) is 1.37. The van der Waals surface area contributed by atoms with Crippen molar-refractivity contribution in [2.24, 2.45) is 0 Å². The van der Waals surface area contributed by atoms with Gasteiger partial charge in [0.05, 0.1) is 7.11 Å². The Labute approximate surface area is 67.2 Å². The number of methoxy groups -OCH3 is 1. The summed E-state index contributed by atoms with van der Waals surface area (Å²) in [6, 6.07) is 1.03. The fourth-order valence-electron chi connectivity index (χ4n) is 0.575. The summed E-state index contributed by atoms with van der Waals surface area (Å²) in [6.07, 6.45) is 1.27. The van der Waals surface area contributed by atoms with Crippen molar-refractivity contribution in [3.05, 3.63) is 12.3 Å². The molecule has 0 aromatic carbocycles. The van der Waals surface area contributed by atoms with Gasteiger partial charge in [-0.3, -0.25) is 0 Å². The van der Waals surface area contributed by atoms with Crippen molar-refractivity contribution in [2.75, 3.05) is 7.11 Å². The molecule has 0 fully saturated rings. The maximum Gasteiger partial charge on any atom is 0.389 e. The molecular formula is C6H6F2N2O2. The van der Waals surface area contributed by atoms with Crippen LogP contribution >= 0.6 is 0 Å². The average molecular weight is 176 g/mol. The van der Waals surface area contributed by atoms with Crippen LogP contribution in [0.25, 0.3) is 0 Å². The molecule has 1 rings (SSSR count). The molecule has 0 N–H and O–H groups in total. The molecule has 0 saturated carbocycles. The van der Waals surface area contributed by atoms with Gasteiger partial charge in [0.1, 0.15) is 0 Å². The fraction of sp³-hybridized carbons (Fsp3) is 0.333. The molecule has 0 radical (unpaired) electrons. The highest BCUT2D eigenvalue weighted by Gasteiger charge is 2.06. The number of hydrogen-bond acceptors (Lipinski definition) is 4. The Morgan fingerprint density at radius 1 is 1.50 bits per heavy atom. The van der Waals surface area contributed by atoms with E-state index in [1.807, 2.05) is 0 Å². The highest BCUT2D eigenvalue weighted by atomic mass is 19.3. The minimum absolute atomic E-state index is 0.181. The second-order valence-electron chi connectivity index (χ2n) is 1.76. The molecule has 0 amide bonds. The molecule has 66 valence electrons. The van der Waals surface area contributed by atoms with Crippen molar-refractivity contribution in [3.63, 3.8) is 0 Å². The van der Waals surface area contributed by atoms with E-state index in [4.69, 9.17) is 0 Å². The normalized spacial score (nSPS) is 10.0. The van der Waals surface area contributed by atoms with Crippen LogP contribution in [0.4, 0.5) is 8.78 Å². The van der Waals surface area contributed by atoms with Crippen molar-refractivity contribution < 1.29 is 18.3 Å². The second-order valence-corrected chi connectivity index (χ2v) is 1.76. The van der Waals surface area contributed by atoms with E-state index < -0.39 is 12.6 Å². The van der Waals surface area contributed by atoms with Crippen LogP contribution < -0.4 is 9.47 Å². The Hall–Kier alpha value is -1.46. The van der Waals surface area contributed by atoms with Crippen molar-refractivity contribution in [2.45, 2.75) is 6.61 Å².